The Labute approximate surface area is 210 Å². The number of rotatable bonds is 6. The van der Waals surface area contributed by atoms with Gasteiger partial charge >= 0.3 is 0 Å². The molecule has 3 N–H and O–H groups in total. The normalized spacial score (nSPS) is 15.4. The van der Waals surface area contributed by atoms with E-state index in [9.17, 15) is 4.79 Å². The summed E-state index contributed by atoms with van der Waals surface area (Å²) in [7, 11) is 0. The van der Waals surface area contributed by atoms with Crippen molar-refractivity contribution in [3.8, 4) is 5.75 Å². The second-order valence-electron chi connectivity index (χ2n) is 8.33. The molecule has 3 aromatic carbocycles. The summed E-state index contributed by atoms with van der Waals surface area (Å²) in [4.78, 5) is 13.4. The minimum atomic E-state index is -0.418. The molecule has 1 amide bonds. The van der Waals surface area contributed by atoms with Gasteiger partial charge in [0.2, 0.25) is 0 Å². The average Bonchev–Trinajstić information content (AvgIpc) is 2.80. The fourth-order valence-corrected chi connectivity index (χ4v) is 4.32. The van der Waals surface area contributed by atoms with E-state index in [1.807, 2.05) is 87.5 Å². The van der Waals surface area contributed by atoms with Crippen molar-refractivity contribution in [2.24, 2.45) is 0 Å². The van der Waals surface area contributed by atoms with Crippen LogP contribution < -0.4 is 20.7 Å². The van der Waals surface area contributed by atoms with Crippen LogP contribution in [0.5, 0.6) is 5.75 Å². The lowest BCUT2D eigenvalue weighted by Crippen LogP contribution is -2.45. The van der Waals surface area contributed by atoms with Crippen molar-refractivity contribution < 1.29 is 9.53 Å². The van der Waals surface area contributed by atoms with Gasteiger partial charge in [0, 0.05) is 16.4 Å². The van der Waals surface area contributed by atoms with E-state index < -0.39 is 6.04 Å². The third-order valence-electron chi connectivity index (χ3n) is 5.65. The molecular weight excluding hydrogens is 466 g/mol. The first-order valence-corrected chi connectivity index (χ1v) is 11.7. The zero-order chi connectivity index (χ0) is 24.2. The predicted molar refractivity (Wildman–Crippen MR) is 141 cm³/mol. The van der Waals surface area contributed by atoms with Crippen LogP contribution in [-0.4, -0.2) is 11.0 Å². The monoisotopic (exact) mass is 491 g/mol. The minimum absolute atomic E-state index is 0.190. The van der Waals surface area contributed by atoms with E-state index in [-0.39, 0.29) is 5.91 Å². The Morgan fingerprint density at radius 1 is 1.06 bits per heavy atom. The zero-order valence-corrected chi connectivity index (χ0v) is 20.8. The number of thiocarbonyl (C=S) groups is 1. The lowest BCUT2D eigenvalue weighted by Gasteiger charge is -2.30. The van der Waals surface area contributed by atoms with Crippen molar-refractivity contribution in [2.45, 2.75) is 33.4 Å². The Morgan fingerprint density at radius 3 is 2.56 bits per heavy atom. The minimum Gasteiger partial charge on any atom is -0.489 e. The van der Waals surface area contributed by atoms with Gasteiger partial charge in [0.05, 0.1) is 11.6 Å². The number of carbonyl (C=O) groups excluding carboxylic acids is 1. The van der Waals surface area contributed by atoms with Gasteiger partial charge in [-0.2, -0.15) is 0 Å². The highest BCUT2D eigenvalue weighted by atomic mass is 35.5. The fourth-order valence-electron chi connectivity index (χ4n) is 3.92. The van der Waals surface area contributed by atoms with Gasteiger partial charge in [-0.3, -0.25) is 4.79 Å². The number of aryl methyl sites for hydroxylation is 2. The summed E-state index contributed by atoms with van der Waals surface area (Å²) in [5.74, 6) is 0.509. The quantitative estimate of drug-likeness (QED) is 0.371. The van der Waals surface area contributed by atoms with E-state index in [1.165, 1.54) is 0 Å². The second kappa shape index (κ2) is 10.3. The molecule has 4 rings (SSSR count). The molecule has 1 heterocycles. The van der Waals surface area contributed by atoms with Crippen LogP contribution in [0.25, 0.3) is 0 Å². The van der Waals surface area contributed by atoms with Gasteiger partial charge in [0.25, 0.3) is 5.91 Å². The molecule has 1 aliphatic rings. The number of nitrogens with one attached hydrogen (secondary N) is 3. The van der Waals surface area contributed by atoms with Crippen LogP contribution in [0.3, 0.4) is 0 Å². The van der Waals surface area contributed by atoms with Crippen LogP contribution in [0.2, 0.25) is 5.02 Å². The topological polar surface area (TPSA) is 62.4 Å². The van der Waals surface area contributed by atoms with Crippen LogP contribution in [0.1, 0.15) is 35.2 Å². The van der Waals surface area contributed by atoms with Crippen molar-refractivity contribution in [1.29, 1.82) is 0 Å². The number of hydrogen-bond donors (Lipinski definition) is 3. The van der Waals surface area contributed by atoms with E-state index in [1.54, 1.807) is 0 Å². The molecule has 5 nitrogen and oxygen atoms in total. The molecule has 1 aliphatic heterocycles. The molecule has 3 aromatic rings. The molecule has 0 fully saturated rings. The van der Waals surface area contributed by atoms with Gasteiger partial charge in [-0.25, -0.2) is 0 Å². The van der Waals surface area contributed by atoms with Crippen molar-refractivity contribution in [2.75, 3.05) is 5.32 Å². The summed E-state index contributed by atoms with van der Waals surface area (Å²) in [5, 5.41) is 10.5. The maximum Gasteiger partial charge on any atom is 0.255 e. The van der Waals surface area contributed by atoms with Crippen LogP contribution in [0.15, 0.2) is 78.0 Å². The molecule has 1 atom stereocenters. The average molecular weight is 492 g/mol. The van der Waals surface area contributed by atoms with E-state index in [0.717, 1.165) is 27.9 Å². The number of amides is 1. The Hall–Kier alpha value is -3.35. The highest BCUT2D eigenvalue weighted by Crippen LogP contribution is 2.30. The lowest BCUT2D eigenvalue weighted by molar-refractivity contribution is -0.113. The van der Waals surface area contributed by atoms with E-state index >= 15 is 0 Å². The van der Waals surface area contributed by atoms with E-state index in [2.05, 4.69) is 16.0 Å². The number of hydrogen-bond acceptors (Lipinski definition) is 3. The van der Waals surface area contributed by atoms with Crippen molar-refractivity contribution in [1.82, 2.24) is 10.6 Å². The Morgan fingerprint density at radius 2 is 1.82 bits per heavy atom. The molecule has 0 spiro atoms. The number of allylic oxidation sites excluding steroid dienone is 1. The van der Waals surface area contributed by atoms with Gasteiger partial charge in [-0.1, -0.05) is 53.6 Å². The van der Waals surface area contributed by atoms with Gasteiger partial charge in [0.1, 0.15) is 12.4 Å². The van der Waals surface area contributed by atoms with Crippen LogP contribution >= 0.6 is 23.8 Å². The molecule has 1 unspecified atom stereocenters. The first-order valence-electron chi connectivity index (χ1n) is 10.9. The van der Waals surface area contributed by atoms with Gasteiger partial charge < -0.3 is 20.7 Å². The first-order chi connectivity index (χ1) is 16.3. The number of halogens is 1. The molecule has 0 bridgehead atoms. The zero-order valence-electron chi connectivity index (χ0n) is 19.2. The van der Waals surface area contributed by atoms with Crippen molar-refractivity contribution >= 4 is 40.5 Å². The first kappa shape index (κ1) is 23.8. The van der Waals surface area contributed by atoms with Gasteiger partial charge in [-0.15, -0.1) is 0 Å². The van der Waals surface area contributed by atoms with E-state index in [4.69, 9.17) is 28.6 Å². The molecule has 0 saturated carbocycles. The lowest BCUT2D eigenvalue weighted by atomic mass is 9.94. The van der Waals surface area contributed by atoms with Crippen LogP contribution in [0.4, 0.5) is 5.69 Å². The maximum absolute atomic E-state index is 13.4. The molecule has 34 heavy (non-hydrogen) atoms. The highest BCUT2D eigenvalue weighted by Gasteiger charge is 2.30. The molecule has 0 saturated heterocycles. The largest absolute Gasteiger partial charge is 0.489 e. The third kappa shape index (κ3) is 5.58. The molecule has 0 aliphatic carbocycles. The molecular formula is C27H26ClN3O2S. The number of benzene rings is 3. The smallest absolute Gasteiger partial charge is 0.255 e. The molecule has 7 heteroatoms. The van der Waals surface area contributed by atoms with Crippen LogP contribution in [-0.2, 0) is 11.4 Å². The molecule has 0 aromatic heterocycles. The number of carbonyl (C=O) groups is 1. The summed E-state index contributed by atoms with van der Waals surface area (Å²) < 4.78 is 6.00. The summed E-state index contributed by atoms with van der Waals surface area (Å²) in [5.41, 5.74) is 6.11. The SMILES string of the molecule is CC1=C(C(=O)Nc2ccc(C)cc2C)C(c2cccc(OCc3ccc(Cl)cc3)c2)NC(=S)N1. The Bertz CT molecular complexity index is 1270. The van der Waals surface area contributed by atoms with Crippen LogP contribution in [0, 0.1) is 13.8 Å². The second-order valence-corrected chi connectivity index (χ2v) is 9.17. The third-order valence-corrected chi connectivity index (χ3v) is 6.13. The Kier molecular flexibility index (Phi) is 7.20. The standard InChI is InChI=1S/C27H26ClN3O2S/c1-16-7-12-23(17(2)13-16)30-26(32)24-18(3)29-27(34)31-25(24)20-5-4-6-22(14-20)33-15-19-8-10-21(28)11-9-19/h4-14,25H,15H2,1-3H3,(H,30,32)(H2,29,31,34). The van der Waals surface area contributed by atoms with Crippen molar-refractivity contribution in [3.63, 3.8) is 0 Å². The fraction of sp³-hybridized carbons (Fsp3) is 0.185. The van der Waals surface area contributed by atoms with Gasteiger partial charge in [0.15, 0.2) is 5.11 Å². The summed E-state index contributed by atoms with van der Waals surface area (Å²) >= 11 is 11.4. The molecule has 174 valence electrons. The predicted octanol–water partition coefficient (Wildman–Crippen LogP) is 5.97. The highest BCUT2D eigenvalue weighted by molar-refractivity contribution is 7.80. The number of anilines is 1. The van der Waals surface area contributed by atoms with Gasteiger partial charge in [-0.05, 0) is 80.0 Å². The molecule has 0 radical (unpaired) electrons. The van der Waals surface area contributed by atoms with E-state index in [0.29, 0.717) is 33.8 Å². The number of ether oxygens (including phenoxy) is 1. The summed E-state index contributed by atoms with van der Waals surface area (Å²) in [6, 6.07) is 20.8. The Balaban J connectivity index is 1.57. The summed E-state index contributed by atoms with van der Waals surface area (Å²) in [6.07, 6.45) is 0. The van der Waals surface area contributed by atoms with Crippen molar-refractivity contribution in [3.05, 3.63) is 105 Å². The maximum atomic E-state index is 13.4. The summed E-state index contributed by atoms with van der Waals surface area (Å²) in [6.45, 7) is 6.28.